The molecule has 2 aromatic rings. The molecule has 0 aliphatic heterocycles. The van der Waals surface area contributed by atoms with Gasteiger partial charge >= 0.3 is 5.97 Å². The lowest BCUT2D eigenvalue weighted by molar-refractivity contribution is -0.141. The summed E-state index contributed by atoms with van der Waals surface area (Å²) in [6.07, 6.45) is 0.887. The van der Waals surface area contributed by atoms with Crippen LogP contribution in [0.2, 0.25) is 5.02 Å². The van der Waals surface area contributed by atoms with Crippen LogP contribution in [0.15, 0.2) is 30.3 Å². The number of carbonyl (C=O) groups is 2. The summed E-state index contributed by atoms with van der Waals surface area (Å²) in [6, 6.07) is 9.11. The third-order valence-electron chi connectivity index (χ3n) is 3.67. The van der Waals surface area contributed by atoms with Gasteiger partial charge in [-0.3, -0.25) is 9.59 Å². The molecule has 0 spiro atoms. The normalized spacial score (nSPS) is 10.5. The molecule has 1 amide bonds. The molecule has 2 rings (SSSR count). The molecular weight excluding hydrogens is 346 g/mol. The van der Waals surface area contributed by atoms with Crippen molar-refractivity contribution < 1.29 is 14.3 Å². The van der Waals surface area contributed by atoms with Gasteiger partial charge in [-0.2, -0.15) is 0 Å². The fourth-order valence-electron chi connectivity index (χ4n) is 2.36. The Morgan fingerprint density at radius 3 is 2.46 bits per heavy atom. The summed E-state index contributed by atoms with van der Waals surface area (Å²) in [5.74, 6) is -0.607. The zero-order valence-electron chi connectivity index (χ0n) is 14.0. The molecule has 0 atom stereocenters. The van der Waals surface area contributed by atoms with E-state index in [2.05, 4.69) is 6.92 Å². The number of nitrogens with zero attached hydrogens (tertiary/aromatic N) is 1. The van der Waals surface area contributed by atoms with E-state index in [0.717, 1.165) is 17.5 Å². The number of aryl methyl sites for hydroxylation is 2. The average molecular weight is 366 g/mol. The molecule has 1 aromatic carbocycles. The van der Waals surface area contributed by atoms with Gasteiger partial charge in [0.2, 0.25) is 0 Å². The van der Waals surface area contributed by atoms with E-state index in [-0.39, 0.29) is 12.5 Å². The van der Waals surface area contributed by atoms with Gasteiger partial charge in [-0.1, -0.05) is 30.7 Å². The van der Waals surface area contributed by atoms with Crippen LogP contribution < -0.4 is 0 Å². The van der Waals surface area contributed by atoms with Crippen LogP contribution in [0.25, 0.3) is 0 Å². The van der Waals surface area contributed by atoms with E-state index < -0.39 is 5.97 Å². The molecule has 0 unspecified atom stereocenters. The number of halogens is 1. The number of hydrogen-bond acceptors (Lipinski definition) is 4. The molecule has 4 nitrogen and oxygen atoms in total. The summed E-state index contributed by atoms with van der Waals surface area (Å²) in [4.78, 5) is 27.9. The number of thiophene rings is 1. The van der Waals surface area contributed by atoms with Gasteiger partial charge in [0.1, 0.15) is 6.54 Å². The highest BCUT2D eigenvalue weighted by molar-refractivity contribution is 7.14. The molecule has 6 heteroatoms. The largest absolute Gasteiger partial charge is 0.468 e. The van der Waals surface area contributed by atoms with Crippen LogP contribution in [0.3, 0.4) is 0 Å². The van der Waals surface area contributed by atoms with Crippen LogP contribution in [0.1, 0.15) is 32.6 Å². The van der Waals surface area contributed by atoms with E-state index in [1.807, 2.05) is 25.1 Å². The van der Waals surface area contributed by atoms with Crippen molar-refractivity contribution in [3.8, 4) is 0 Å². The molecule has 0 aliphatic rings. The molecular formula is C18H20ClNO3S. The Morgan fingerprint density at radius 2 is 1.92 bits per heavy atom. The number of methoxy groups -OCH3 is 1. The first-order chi connectivity index (χ1) is 11.4. The Kier molecular flexibility index (Phi) is 6.40. The third-order valence-corrected chi connectivity index (χ3v) is 5.30. The molecule has 0 aliphatic carbocycles. The fourth-order valence-corrected chi connectivity index (χ4v) is 3.57. The van der Waals surface area contributed by atoms with Crippen molar-refractivity contribution in [1.29, 1.82) is 0 Å². The summed E-state index contributed by atoms with van der Waals surface area (Å²) in [6.45, 7) is 4.29. The highest BCUT2D eigenvalue weighted by atomic mass is 35.5. The zero-order valence-corrected chi connectivity index (χ0v) is 15.5. The van der Waals surface area contributed by atoms with E-state index in [1.165, 1.54) is 28.2 Å². The zero-order chi connectivity index (χ0) is 17.7. The molecule has 0 saturated carbocycles. The lowest BCUT2D eigenvalue weighted by Crippen LogP contribution is -2.35. The minimum absolute atomic E-state index is 0.0869. The third kappa shape index (κ3) is 4.58. The second-order valence-electron chi connectivity index (χ2n) is 5.43. The van der Waals surface area contributed by atoms with Crippen LogP contribution >= 0.6 is 22.9 Å². The molecule has 0 N–H and O–H groups in total. The van der Waals surface area contributed by atoms with Gasteiger partial charge in [-0.15, -0.1) is 11.3 Å². The molecule has 1 heterocycles. The summed E-state index contributed by atoms with van der Waals surface area (Å²) >= 11 is 7.38. The number of esters is 1. The number of hydrogen-bond donors (Lipinski definition) is 0. The predicted molar refractivity (Wildman–Crippen MR) is 96.6 cm³/mol. The van der Waals surface area contributed by atoms with Crippen molar-refractivity contribution in [3.05, 3.63) is 56.2 Å². The lowest BCUT2D eigenvalue weighted by atomic mass is 10.2. The Morgan fingerprint density at radius 1 is 1.25 bits per heavy atom. The van der Waals surface area contributed by atoms with Gasteiger partial charge in [0.25, 0.3) is 5.91 Å². The van der Waals surface area contributed by atoms with Crippen molar-refractivity contribution in [2.45, 2.75) is 26.8 Å². The van der Waals surface area contributed by atoms with E-state index in [9.17, 15) is 9.59 Å². The maximum absolute atomic E-state index is 12.9. The second kappa shape index (κ2) is 8.31. The van der Waals surface area contributed by atoms with Gasteiger partial charge in [-0.25, -0.2) is 0 Å². The minimum Gasteiger partial charge on any atom is -0.468 e. The van der Waals surface area contributed by atoms with Gasteiger partial charge in [-0.05, 0) is 42.7 Å². The van der Waals surface area contributed by atoms with Crippen molar-refractivity contribution in [1.82, 2.24) is 4.90 Å². The van der Waals surface area contributed by atoms with Crippen LogP contribution in [-0.4, -0.2) is 30.4 Å². The Labute approximate surface area is 151 Å². The first kappa shape index (κ1) is 18.5. The molecule has 0 fully saturated rings. The molecule has 0 saturated heterocycles. The Balaban J connectivity index is 2.25. The van der Waals surface area contributed by atoms with Crippen molar-refractivity contribution in [2.24, 2.45) is 0 Å². The quantitative estimate of drug-likeness (QED) is 0.724. The number of ether oxygens (including phenoxy) is 1. The number of benzene rings is 1. The fraction of sp³-hybridized carbons (Fsp3) is 0.333. The monoisotopic (exact) mass is 365 g/mol. The SMILES string of the molecule is CCc1sc(C(=O)N(CC(=O)OC)Cc2ccc(Cl)cc2)cc1C. The topological polar surface area (TPSA) is 46.6 Å². The van der Waals surface area contributed by atoms with Crippen LogP contribution in [0, 0.1) is 6.92 Å². The Hall–Kier alpha value is -1.85. The minimum atomic E-state index is -0.443. The smallest absolute Gasteiger partial charge is 0.325 e. The Bertz CT molecular complexity index is 724. The van der Waals surface area contributed by atoms with E-state index >= 15 is 0 Å². The van der Waals surface area contributed by atoms with E-state index in [1.54, 1.807) is 12.1 Å². The van der Waals surface area contributed by atoms with Gasteiger partial charge in [0.05, 0.1) is 12.0 Å². The van der Waals surface area contributed by atoms with Gasteiger partial charge in [0.15, 0.2) is 0 Å². The van der Waals surface area contributed by atoms with E-state index in [4.69, 9.17) is 16.3 Å². The predicted octanol–water partition coefficient (Wildman–Crippen LogP) is 4.09. The molecule has 0 radical (unpaired) electrons. The highest BCUT2D eigenvalue weighted by Crippen LogP contribution is 2.24. The van der Waals surface area contributed by atoms with Crippen LogP contribution in [0.5, 0.6) is 0 Å². The maximum atomic E-state index is 12.9. The highest BCUT2D eigenvalue weighted by Gasteiger charge is 2.22. The molecule has 1 aromatic heterocycles. The lowest BCUT2D eigenvalue weighted by Gasteiger charge is -2.21. The number of carbonyl (C=O) groups excluding carboxylic acids is 2. The molecule has 24 heavy (non-hydrogen) atoms. The van der Waals surface area contributed by atoms with Crippen LogP contribution in [-0.2, 0) is 22.5 Å². The summed E-state index contributed by atoms with van der Waals surface area (Å²) in [5, 5.41) is 0.631. The van der Waals surface area contributed by atoms with Crippen molar-refractivity contribution >= 4 is 34.8 Å². The first-order valence-corrected chi connectivity index (χ1v) is 8.83. The number of amides is 1. The average Bonchev–Trinajstić information content (AvgIpc) is 2.96. The summed E-state index contributed by atoms with van der Waals surface area (Å²) in [5.41, 5.74) is 2.01. The molecule has 0 bridgehead atoms. The number of rotatable bonds is 6. The summed E-state index contributed by atoms with van der Waals surface area (Å²) in [7, 11) is 1.32. The van der Waals surface area contributed by atoms with E-state index in [0.29, 0.717) is 16.4 Å². The van der Waals surface area contributed by atoms with Crippen molar-refractivity contribution in [3.63, 3.8) is 0 Å². The second-order valence-corrected chi connectivity index (χ2v) is 7.01. The maximum Gasteiger partial charge on any atom is 0.325 e. The van der Waals surface area contributed by atoms with Crippen LogP contribution in [0.4, 0.5) is 0 Å². The first-order valence-electron chi connectivity index (χ1n) is 7.64. The standard InChI is InChI=1S/C18H20ClNO3S/c1-4-15-12(2)9-16(24-15)18(22)20(11-17(21)23-3)10-13-5-7-14(19)8-6-13/h5-9H,4,10-11H2,1-3H3. The van der Waals surface area contributed by atoms with Gasteiger partial charge in [0, 0.05) is 16.4 Å². The van der Waals surface area contributed by atoms with Crippen molar-refractivity contribution in [2.75, 3.05) is 13.7 Å². The molecule has 128 valence electrons. The summed E-state index contributed by atoms with van der Waals surface area (Å²) < 4.78 is 4.72. The van der Waals surface area contributed by atoms with Gasteiger partial charge < -0.3 is 9.64 Å².